The molecule has 1 aliphatic heterocycles. The molecule has 0 atom stereocenters. The average molecular weight is 265 g/mol. The molecule has 6 nitrogen and oxygen atoms in total. The lowest BCUT2D eigenvalue weighted by molar-refractivity contribution is -0.150. The van der Waals surface area contributed by atoms with E-state index >= 15 is 0 Å². The Morgan fingerprint density at radius 1 is 1.32 bits per heavy atom. The zero-order chi connectivity index (χ0) is 14.2. The number of carbonyl (C=O) groups is 2. The predicted octanol–water partition coefficient (Wildman–Crippen LogP) is 1.35. The Morgan fingerprint density at radius 2 is 1.89 bits per heavy atom. The first kappa shape index (κ1) is 13.6. The number of amides is 1. The first-order valence-corrected chi connectivity index (χ1v) is 6.39. The van der Waals surface area contributed by atoms with Crippen molar-refractivity contribution in [1.29, 1.82) is 0 Å². The number of likely N-dealkylation sites (tertiary alicyclic amines) is 1. The molecule has 1 aromatic rings. The summed E-state index contributed by atoms with van der Waals surface area (Å²) in [6.07, 6.45) is 0.980. The maximum Gasteiger partial charge on any atom is 0.309 e. The molecule has 0 aliphatic carbocycles. The van der Waals surface area contributed by atoms with Crippen molar-refractivity contribution in [3.8, 4) is 0 Å². The molecular weight excluding hydrogens is 246 g/mol. The highest BCUT2D eigenvalue weighted by atomic mass is 16.4. The highest BCUT2D eigenvalue weighted by Crippen LogP contribution is 2.31. The highest BCUT2D eigenvalue weighted by Gasteiger charge is 2.38. The van der Waals surface area contributed by atoms with Crippen LogP contribution in [0.5, 0.6) is 0 Å². The van der Waals surface area contributed by atoms with Gasteiger partial charge in [-0.1, -0.05) is 0 Å². The summed E-state index contributed by atoms with van der Waals surface area (Å²) in [5.74, 6) is -0.841. The summed E-state index contributed by atoms with van der Waals surface area (Å²) in [5, 5.41) is 16.0. The molecule has 1 aromatic heterocycles. The van der Waals surface area contributed by atoms with E-state index in [0.29, 0.717) is 37.2 Å². The second kappa shape index (κ2) is 4.68. The molecule has 0 radical (unpaired) electrons. The summed E-state index contributed by atoms with van der Waals surface area (Å²) < 4.78 is 0. The van der Waals surface area contributed by atoms with E-state index in [9.17, 15) is 14.7 Å². The van der Waals surface area contributed by atoms with E-state index in [2.05, 4.69) is 10.2 Å². The maximum atomic E-state index is 12.4. The first-order chi connectivity index (χ1) is 8.85. The van der Waals surface area contributed by atoms with Gasteiger partial charge in [-0.15, -0.1) is 0 Å². The van der Waals surface area contributed by atoms with Crippen LogP contribution in [0.3, 0.4) is 0 Å². The third-order valence-corrected chi connectivity index (χ3v) is 4.01. The van der Waals surface area contributed by atoms with Crippen LogP contribution in [0.1, 0.15) is 41.5 Å². The summed E-state index contributed by atoms with van der Waals surface area (Å²) in [6, 6.07) is 0. The minimum absolute atomic E-state index is 0.0591. The zero-order valence-corrected chi connectivity index (χ0v) is 11.5. The number of H-pyrrole nitrogens is 1. The van der Waals surface area contributed by atoms with E-state index in [0.717, 1.165) is 5.69 Å². The topological polar surface area (TPSA) is 86.3 Å². The number of carboxylic acid groups (broad SMARTS) is 1. The zero-order valence-electron chi connectivity index (χ0n) is 11.5. The fraction of sp³-hybridized carbons (Fsp3) is 0.615. The molecule has 0 spiro atoms. The Labute approximate surface area is 111 Å². The van der Waals surface area contributed by atoms with E-state index in [4.69, 9.17) is 0 Å². The molecule has 0 aromatic carbocycles. The molecule has 6 heteroatoms. The second-order valence-electron chi connectivity index (χ2n) is 5.47. The van der Waals surface area contributed by atoms with Crippen LogP contribution in [0.15, 0.2) is 0 Å². The molecular formula is C13H19N3O3. The lowest BCUT2D eigenvalue weighted by Gasteiger charge is -2.36. The second-order valence-corrected chi connectivity index (χ2v) is 5.47. The Morgan fingerprint density at radius 3 is 2.32 bits per heavy atom. The van der Waals surface area contributed by atoms with Crippen molar-refractivity contribution in [3.05, 3.63) is 17.0 Å². The van der Waals surface area contributed by atoms with E-state index < -0.39 is 11.4 Å². The largest absolute Gasteiger partial charge is 0.481 e. The SMILES string of the molecule is Cc1n[nH]c(C)c1C(=O)N1CCC(C)(C(=O)O)CC1. The minimum atomic E-state index is -0.782. The normalized spacial score (nSPS) is 18.4. The molecule has 1 saturated heterocycles. The van der Waals surface area contributed by atoms with Crippen molar-refractivity contribution in [2.24, 2.45) is 5.41 Å². The maximum absolute atomic E-state index is 12.4. The summed E-state index contributed by atoms with van der Waals surface area (Å²) >= 11 is 0. The van der Waals surface area contributed by atoms with Gasteiger partial charge in [0.05, 0.1) is 16.7 Å². The van der Waals surface area contributed by atoms with Crippen LogP contribution in [0.4, 0.5) is 0 Å². The summed E-state index contributed by atoms with van der Waals surface area (Å²) in [5.41, 5.74) is 1.35. The Balaban J connectivity index is 2.10. The monoisotopic (exact) mass is 265 g/mol. The van der Waals surface area contributed by atoms with Gasteiger partial charge in [-0.05, 0) is 33.6 Å². The van der Waals surface area contributed by atoms with Gasteiger partial charge in [-0.3, -0.25) is 14.7 Å². The number of aliphatic carboxylic acids is 1. The van der Waals surface area contributed by atoms with Gasteiger partial charge in [0.2, 0.25) is 0 Å². The van der Waals surface area contributed by atoms with E-state index in [1.54, 1.807) is 18.7 Å². The van der Waals surface area contributed by atoms with Crippen LogP contribution in [0.25, 0.3) is 0 Å². The lowest BCUT2D eigenvalue weighted by atomic mass is 9.80. The number of aryl methyl sites for hydroxylation is 2. The van der Waals surface area contributed by atoms with Crippen LogP contribution in [-0.4, -0.2) is 45.2 Å². The Bertz CT molecular complexity index is 494. The summed E-state index contributed by atoms with van der Waals surface area (Å²) in [6.45, 7) is 6.31. The number of piperidine rings is 1. The number of hydrogen-bond donors (Lipinski definition) is 2. The van der Waals surface area contributed by atoms with Gasteiger partial charge in [-0.2, -0.15) is 5.10 Å². The van der Waals surface area contributed by atoms with E-state index in [-0.39, 0.29) is 5.91 Å². The number of nitrogens with zero attached hydrogens (tertiary/aromatic N) is 2. The number of nitrogens with one attached hydrogen (secondary N) is 1. The van der Waals surface area contributed by atoms with Gasteiger partial charge in [0, 0.05) is 18.8 Å². The summed E-state index contributed by atoms with van der Waals surface area (Å²) in [4.78, 5) is 25.3. The molecule has 19 heavy (non-hydrogen) atoms. The third-order valence-electron chi connectivity index (χ3n) is 4.01. The number of aromatic nitrogens is 2. The van der Waals surface area contributed by atoms with Gasteiger partial charge in [0.1, 0.15) is 0 Å². The fourth-order valence-corrected chi connectivity index (χ4v) is 2.44. The van der Waals surface area contributed by atoms with Gasteiger partial charge in [-0.25, -0.2) is 0 Å². The number of carboxylic acids is 1. The number of carbonyl (C=O) groups excluding carboxylic acids is 1. The molecule has 1 aliphatic rings. The number of rotatable bonds is 2. The van der Waals surface area contributed by atoms with Gasteiger partial charge < -0.3 is 10.0 Å². The number of aromatic amines is 1. The lowest BCUT2D eigenvalue weighted by Crippen LogP contribution is -2.45. The molecule has 104 valence electrons. The molecule has 2 rings (SSSR count). The van der Waals surface area contributed by atoms with Crippen LogP contribution < -0.4 is 0 Å². The summed E-state index contributed by atoms with van der Waals surface area (Å²) in [7, 11) is 0. The van der Waals surface area contributed by atoms with Crippen LogP contribution >= 0.6 is 0 Å². The van der Waals surface area contributed by atoms with Crippen molar-refractivity contribution in [2.45, 2.75) is 33.6 Å². The van der Waals surface area contributed by atoms with Gasteiger partial charge in [0.25, 0.3) is 5.91 Å². The van der Waals surface area contributed by atoms with Gasteiger partial charge in [0.15, 0.2) is 0 Å². The molecule has 0 saturated carbocycles. The van der Waals surface area contributed by atoms with Crippen molar-refractivity contribution >= 4 is 11.9 Å². The molecule has 0 bridgehead atoms. The fourth-order valence-electron chi connectivity index (χ4n) is 2.44. The molecule has 2 heterocycles. The highest BCUT2D eigenvalue weighted by molar-refractivity contribution is 5.96. The average Bonchev–Trinajstić information content (AvgIpc) is 2.69. The molecule has 0 unspecified atom stereocenters. The first-order valence-electron chi connectivity index (χ1n) is 6.39. The van der Waals surface area contributed by atoms with Crippen LogP contribution in [-0.2, 0) is 4.79 Å². The Kier molecular flexibility index (Phi) is 3.34. The standard InChI is InChI=1S/C13H19N3O3/c1-8-10(9(2)15-14-8)11(17)16-6-4-13(3,5-7-16)12(18)19/h4-7H2,1-3H3,(H,14,15)(H,18,19). The van der Waals surface area contributed by atoms with Crippen molar-refractivity contribution < 1.29 is 14.7 Å². The van der Waals surface area contributed by atoms with Crippen molar-refractivity contribution in [2.75, 3.05) is 13.1 Å². The predicted molar refractivity (Wildman–Crippen MR) is 68.9 cm³/mol. The van der Waals surface area contributed by atoms with Crippen molar-refractivity contribution in [3.63, 3.8) is 0 Å². The van der Waals surface area contributed by atoms with E-state index in [1.807, 2.05) is 6.92 Å². The van der Waals surface area contributed by atoms with Crippen molar-refractivity contribution in [1.82, 2.24) is 15.1 Å². The number of hydrogen-bond acceptors (Lipinski definition) is 3. The van der Waals surface area contributed by atoms with Crippen LogP contribution in [0, 0.1) is 19.3 Å². The van der Waals surface area contributed by atoms with E-state index in [1.165, 1.54) is 0 Å². The van der Waals surface area contributed by atoms with Gasteiger partial charge >= 0.3 is 5.97 Å². The molecule has 1 amide bonds. The van der Waals surface area contributed by atoms with Crippen LogP contribution in [0.2, 0.25) is 0 Å². The smallest absolute Gasteiger partial charge is 0.309 e. The molecule has 2 N–H and O–H groups in total. The third kappa shape index (κ3) is 2.34. The minimum Gasteiger partial charge on any atom is -0.481 e. The quantitative estimate of drug-likeness (QED) is 0.845. The Hall–Kier alpha value is -1.85. The molecule has 1 fully saturated rings.